The molecule has 1 fully saturated rings. The average molecular weight is 222 g/mol. The number of carbonyl (C=O) groups excluding carboxylic acids is 1. The molecule has 1 aromatic rings. The van der Waals surface area contributed by atoms with Crippen LogP contribution in [0.5, 0.6) is 0 Å². The summed E-state index contributed by atoms with van der Waals surface area (Å²) in [6.45, 7) is 4.39. The van der Waals surface area contributed by atoms with Gasteiger partial charge in [0.05, 0.1) is 12.4 Å². The van der Waals surface area contributed by atoms with Crippen molar-refractivity contribution >= 4 is 5.91 Å². The van der Waals surface area contributed by atoms with Gasteiger partial charge >= 0.3 is 0 Å². The van der Waals surface area contributed by atoms with Crippen LogP contribution in [-0.4, -0.2) is 39.9 Å². The van der Waals surface area contributed by atoms with E-state index in [0.29, 0.717) is 6.54 Å². The lowest BCUT2D eigenvalue weighted by molar-refractivity contribution is -0.131. The zero-order chi connectivity index (χ0) is 11.4. The minimum Gasteiger partial charge on any atom is -0.347 e. The van der Waals surface area contributed by atoms with Crippen LogP contribution in [0.25, 0.3) is 0 Å². The maximum atomic E-state index is 11.9. The number of hydrogen-bond donors (Lipinski definition) is 2. The Labute approximate surface area is 95.2 Å². The molecule has 5 heteroatoms. The number of nitrogens with zero attached hydrogens (tertiary/aromatic N) is 2. The first-order chi connectivity index (χ1) is 7.77. The Bertz CT molecular complexity index is 330. The second kappa shape index (κ2) is 5.12. The van der Waals surface area contributed by atoms with E-state index in [-0.39, 0.29) is 11.9 Å². The fraction of sp³-hybridized carbons (Fsp3) is 0.636. The van der Waals surface area contributed by atoms with Crippen LogP contribution in [-0.2, 0) is 11.3 Å². The number of amides is 1. The maximum absolute atomic E-state index is 11.9. The van der Waals surface area contributed by atoms with E-state index in [0.717, 1.165) is 31.6 Å². The monoisotopic (exact) mass is 222 g/mol. The third kappa shape index (κ3) is 2.61. The number of rotatable bonds is 4. The largest absolute Gasteiger partial charge is 0.347 e. The summed E-state index contributed by atoms with van der Waals surface area (Å²) in [5.74, 6) is 0.206. The van der Waals surface area contributed by atoms with Gasteiger partial charge in [0, 0.05) is 31.5 Å². The van der Waals surface area contributed by atoms with Gasteiger partial charge in [0.15, 0.2) is 0 Å². The number of likely N-dealkylation sites (tertiary alicyclic amines) is 1. The number of H-pyrrole nitrogens is 1. The maximum Gasteiger partial charge on any atom is 0.239 e. The SMILES string of the molecule is CC(NCc1cnc[nH]1)C(=O)N1CCCC1. The molecule has 0 aliphatic carbocycles. The lowest BCUT2D eigenvalue weighted by Crippen LogP contribution is -2.43. The lowest BCUT2D eigenvalue weighted by Gasteiger charge is -2.20. The quantitative estimate of drug-likeness (QED) is 0.780. The van der Waals surface area contributed by atoms with Crippen LogP contribution in [0.3, 0.4) is 0 Å². The van der Waals surface area contributed by atoms with Crippen molar-refractivity contribution in [3.05, 3.63) is 18.2 Å². The predicted octanol–water partition coefficient (Wildman–Crippen LogP) is 0.510. The second-order valence-corrected chi connectivity index (χ2v) is 4.21. The van der Waals surface area contributed by atoms with Gasteiger partial charge in [-0.2, -0.15) is 0 Å². The first-order valence-electron chi connectivity index (χ1n) is 5.77. The molecule has 0 bridgehead atoms. The summed E-state index contributed by atoms with van der Waals surface area (Å²) < 4.78 is 0. The Morgan fingerprint density at radius 2 is 2.38 bits per heavy atom. The summed E-state index contributed by atoms with van der Waals surface area (Å²) in [6.07, 6.45) is 5.68. The van der Waals surface area contributed by atoms with Crippen molar-refractivity contribution in [2.45, 2.75) is 32.4 Å². The molecule has 1 unspecified atom stereocenters. The molecule has 5 nitrogen and oxygen atoms in total. The number of aromatic amines is 1. The van der Waals surface area contributed by atoms with Gasteiger partial charge in [0.1, 0.15) is 0 Å². The highest BCUT2D eigenvalue weighted by atomic mass is 16.2. The molecule has 1 atom stereocenters. The van der Waals surface area contributed by atoms with E-state index in [4.69, 9.17) is 0 Å². The molecule has 88 valence electrons. The Hall–Kier alpha value is -1.36. The predicted molar refractivity (Wildman–Crippen MR) is 60.7 cm³/mol. The van der Waals surface area contributed by atoms with Crippen LogP contribution in [0.2, 0.25) is 0 Å². The Balaban J connectivity index is 1.78. The standard InChI is InChI=1S/C11H18N4O/c1-9(11(16)15-4-2-3-5-15)13-7-10-6-12-8-14-10/h6,8-9,13H,2-5,7H2,1H3,(H,12,14). The molecule has 2 heterocycles. The van der Waals surface area contributed by atoms with Crippen molar-refractivity contribution in [1.29, 1.82) is 0 Å². The molecule has 1 amide bonds. The van der Waals surface area contributed by atoms with E-state index in [2.05, 4.69) is 15.3 Å². The summed E-state index contributed by atoms with van der Waals surface area (Å²) in [7, 11) is 0. The number of hydrogen-bond acceptors (Lipinski definition) is 3. The van der Waals surface area contributed by atoms with Gasteiger partial charge in [0.2, 0.25) is 5.91 Å². The number of aromatic nitrogens is 2. The highest BCUT2D eigenvalue weighted by molar-refractivity contribution is 5.81. The molecule has 1 aliphatic rings. The van der Waals surface area contributed by atoms with E-state index in [1.807, 2.05) is 11.8 Å². The summed E-state index contributed by atoms with van der Waals surface area (Å²) in [4.78, 5) is 20.8. The first kappa shape index (κ1) is 11.1. The van der Waals surface area contributed by atoms with Gasteiger partial charge in [-0.15, -0.1) is 0 Å². The molecule has 0 spiro atoms. The third-order valence-corrected chi connectivity index (χ3v) is 2.94. The van der Waals surface area contributed by atoms with Crippen LogP contribution >= 0.6 is 0 Å². The second-order valence-electron chi connectivity index (χ2n) is 4.21. The fourth-order valence-electron chi connectivity index (χ4n) is 1.94. The minimum atomic E-state index is -0.124. The summed E-state index contributed by atoms with van der Waals surface area (Å²) in [6, 6.07) is -0.124. The zero-order valence-electron chi connectivity index (χ0n) is 9.57. The Kier molecular flexibility index (Phi) is 3.56. The number of carbonyl (C=O) groups is 1. The van der Waals surface area contributed by atoms with E-state index < -0.39 is 0 Å². The number of imidazole rings is 1. The summed E-state index contributed by atoms with van der Waals surface area (Å²) >= 11 is 0. The molecular formula is C11H18N4O. The van der Waals surface area contributed by atoms with Crippen LogP contribution in [0, 0.1) is 0 Å². The molecule has 2 rings (SSSR count). The molecule has 0 aromatic carbocycles. The molecule has 2 N–H and O–H groups in total. The van der Waals surface area contributed by atoms with Gasteiger partial charge < -0.3 is 15.2 Å². The van der Waals surface area contributed by atoms with Gasteiger partial charge in [0.25, 0.3) is 0 Å². The van der Waals surface area contributed by atoms with Gasteiger partial charge in [-0.1, -0.05) is 0 Å². The number of nitrogens with one attached hydrogen (secondary N) is 2. The Morgan fingerprint density at radius 1 is 1.62 bits per heavy atom. The van der Waals surface area contributed by atoms with E-state index in [9.17, 15) is 4.79 Å². The van der Waals surface area contributed by atoms with E-state index >= 15 is 0 Å². The third-order valence-electron chi connectivity index (χ3n) is 2.94. The summed E-state index contributed by atoms with van der Waals surface area (Å²) in [5.41, 5.74) is 1.00. The molecule has 0 radical (unpaired) electrons. The first-order valence-corrected chi connectivity index (χ1v) is 5.77. The van der Waals surface area contributed by atoms with Crippen molar-refractivity contribution < 1.29 is 4.79 Å². The van der Waals surface area contributed by atoms with Gasteiger partial charge in [-0.05, 0) is 19.8 Å². The molecule has 1 saturated heterocycles. The van der Waals surface area contributed by atoms with Crippen molar-refractivity contribution in [1.82, 2.24) is 20.2 Å². The topological polar surface area (TPSA) is 61.0 Å². The highest BCUT2D eigenvalue weighted by Crippen LogP contribution is 2.09. The van der Waals surface area contributed by atoms with Crippen LogP contribution in [0.15, 0.2) is 12.5 Å². The summed E-state index contributed by atoms with van der Waals surface area (Å²) in [5, 5.41) is 3.20. The smallest absolute Gasteiger partial charge is 0.239 e. The molecule has 0 saturated carbocycles. The minimum absolute atomic E-state index is 0.124. The van der Waals surface area contributed by atoms with E-state index in [1.54, 1.807) is 12.5 Å². The van der Waals surface area contributed by atoms with Crippen molar-refractivity contribution in [2.75, 3.05) is 13.1 Å². The van der Waals surface area contributed by atoms with Gasteiger partial charge in [-0.25, -0.2) is 4.98 Å². The zero-order valence-corrected chi connectivity index (χ0v) is 9.57. The molecule has 1 aromatic heterocycles. The van der Waals surface area contributed by atoms with Crippen LogP contribution < -0.4 is 5.32 Å². The Morgan fingerprint density at radius 3 is 3.00 bits per heavy atom. The van der Waals surface area contributed by atoms with Crippen LogP contribution in [0.1, 0.15) is 25.5 Å². The van der Waals surface area contributed by atoms with Crippen LogP contribution in [0.4, 0.5) is 0 Å². The molecule has 1 aliphatic heterocycles. The molecular weight excluding hydrogens is 204 g/mol. The van der Waals surface area contributed by atoms with Crippen molar-refractivity contribution in [3.8, 4) is 0 Å². The highest BCUT2D eigenvalue weighted by Gasteiger charge is 2.22. The fourth-order valence-corrected chi connectivity index (χ4v) is 1.94. The van der Waals surface area contributed by atoms with Gasteiger partial charge in [-0.3, -0.25) is 4.79 Å². The normalized spacial score (nSPS) is 17.7. The average Bonchev–Trinajstić information content (AvgIpc) is 2.96. The van der Waals surface area contributed by atoms with Crippen molar-refractivity contribution in [3.63, 3.8) is 0 Å². The van der Waals surface area contributed by atoms with E-state index in [1.165, 1.54) is 0 Å². The lowest BCUT2D eigenvalue weighted by atomic mass is 10.3. The molecule has 16 heavy (non-hydrogen) atoms. The van der Waals surface area contributed by atoms with Crippen molar-refractivity contribution in [2.24, 2.45) is 0 Å².